The molecule has 0 amide bonds. The molecule has 98 valence electrons. The number of hydrogen-bond donors (Lipinski definition) is 2. The van der Waals surface area contributed by atoms with Crippen molar-refractivity contribution in [2.24, 2.45) is 0 Å². The summed E-state index contributed by atoms with van der Waals surface area (Å²) in [5.41, 5.74) is -0.732. The molecule has 1 rings (SSSR count). The Balaban J connectivity index is 2.33. The molecule has 1 aliphatic carbocycles. The van der Waals surface area contributed by atoms with E-state index in [1.807, 2.05) is 0 Å². The second-order valence-electron chi connectivity index (χ2n) is 4.20. The highest BCUT2D eigenvalue weighted by molar-refractivity contribution is 6.76. The lowest BCUT2D eigenvalue weighted by atomic mass is 9.85. The fourth-order valence-electron chi connectivity index (χ4n) is 1.81. The number of rotatable bonds is 3. The maximum atomic E-state index is 10.1. The van der Waals surface area contributed by atoms with Gasteiger partial charge in [0.1, 0.15) is 6.61 Å². The van der Waals surface area contributed by atoms with Crippen LogP contribution in [0.15, 0.2) is 12.2 Å². The summed E-state index contributed by atoms with van der Waals surface area (Å²) in [6.07, 6.45) is 8.16. The summed E-state index contributed by atoms with van der Waals surface area (Å²) >= 11 is 16.3. The number of nitrogens with one attached hydrogen (secondary N) is 1. The Morgan fingerprint density at radius 1 is 1.29 bits per heavy atom. The highest BCUT2D eigenvalue weighted by atomic mass is 35.6. The third kappa shape index (κ3) is 5.47. The van der Waals surface area contributed by atoms with Gasteiger partial charge in [-0.05, 0) is 18.9 Å². The molecule has 17 heavy (non-hydrogen) atoms. The second-order valence-corrected chi connectivity index (χ2v) is 6.49. The molecule has 0 bridgehead atoms. The van der Waals surface area contributed by atoms with Gasteiger partial charge in [-0.3, -0.25) is 5.41 Å². The van der Waals surface area contributed by atoms with Crippen molar-refractivity contribution in [3.63, 3.8) is 0 Å². The van der Waals surface area contributed by atoms with Gasteiger partial charge in [-0.15, -0.1) is 0 Å². The van der Waals surface area contributed by atoms with E-state index < -0.39 is 15.3 Å². The van der Waals surface area contributed by atoms with Crippen LogP contribution in [0.2, 0.25) is 0 Å². The van der Waals surface area contributed by atoms with E-state index in [-0.39, 0.29) is 6.61 Å². The van der Waals surface area contributed by atoms with Crippen molar-refractivity contribution in [2.75, 3.05) is 6.61 Å². The first-order valence-corrected chi connectivity index (χ1v) is 6.65. The minimum absolute atomic E-state index is 0.120. The zero-order chi connectivity index (χ0) is 12.9. The molecule has 0 aliphatic heterocycles. The Kier molecular flexibility index (Phi) is 5.58. The average Bonchev–Trinajstić information content (AvgIpc) is 2.24. The van der Waals surface area contributed by atoms with Crippen LogP contribution in [0.1, 0.15) is 32.1 Å². The Morgan fingerprint density at radius 3 is 2.41 bits per heavy atom. The van der Waals surface area contributed by atoms with Crippen molar-refractivity contribution in [1.82, 2.24) is 0 Å². The molecule has 0 atom stereocenters. The largest absolute Gasteiger partial charge is 0.474 e. The predicted octanol–water partition coefficient (Wildman–Crippen LogP) is 3.60. The molecule has 3 nitrogen and oxygen atoms in total. The molecule has 0 aromatic heterocycles. The maximum absolute atomic E-state index is 10.1. The van der Waals surface area contributed by atoms with Crippen molar-refractivity contribution in [3.05, 3.63) is 12.2 Å². The summed E-state index contributed by atoms with van der Waals surface area (Å²) in [4.78, 5) is 0. The summed E-state index contributed by atoms with van der Waals surface area (Å²) in [5.74, 6) is -0.414. The number of hydrogen-bond acceptors (Lipinski definition) is 3. The highest BCUT2D eigenvalue weighted by Crippen LogP contribution is 2.29. The van der Waals surface area contributed by atoms with Gasteiger partial charge >= 0.3 is 0 Å². The van der Waals surface area contributed by atoms with Crippen LogP contribution in [0.25, 0.3) is 0 Å². The van der Waals surface area contributed by atoms with Crippen LogP contribution in [0.3, 0.4) is 0 Å². The van der Waals surface area contributed by atoms with Crippen LogP contribution in [0.5, 0.6) is 0 Å². The fourth-order valence-corrected chi connectivity index (χ4v) is 1.98. The van der Waals surface area contributed by atoms with Gasteiger partial charge in [-0.2, -0.15) is 0 Å². The van der Waals surface area contributed by atoms with E-state index in [2.05, 4.69) is 0 Å². The molecule has 0 aromatic carbocycles. The monoisotopic (exact) mass is 299 g/mol. The topological polar surface area (TPSA) is 53.3 Å². The van der Waals surface area contributed by atoms with Gasteiger partial charge in [0.2, 0.25) is 5.90 Å². The molecule has 2 N–H and O–H groups in total. The quantitative estimate of drug-likeness (QED) is 0.362. The second kappa shape index (κ2) is 6.28. The lowest BCUT2D eigenvalue weighted by Gasteiger charge is -2.28. The molecule has 6 heteroatoms. The van der Waals surface area contributed by atoms with E-state index in [4.69, 9.17) is 44.9 Å². The van der Waals surface area contributed by atoms with Gasteiger partial charge in [0.25, 0.3) is 3.79 Å². The van der Waals surface area contributed by atoms with Crippen molar-refractivity contribution < 1.29 is 9.84 Å². The Bertz CT molecular complexity index is 294. The average molecular weight is 301 g/mol. The molecule has 0 heterocycles. The van der Waals surface area contributed by atoms with Gasteiger partial charge in [-0.25, -0.2) is 0 Å². The molecule has 0 unspecified atom stereocenters. The Hall–Kier alpha value is 0.0400. The van der Waals surface area contributed by atoms with E-state index >= 15 is 0 Å². The van der Waals surface area contributed by atoms with E-state index in [0.29, 0.717) is 0 Å². The minimum atomic E-state index is -1.82. The third-order valence-corrected chi connectivity index (χ3v) is 3.24. The zero-order valence-corrected chi connectivity index (χ0v) is 11.7. The molecule has 0 saturated heterocycles. The molecule has 0 spiro atoms. The molecule has 0 aromatic rings. The fraction of sp³-hybridized carbons (Fsp3) is 0.727. The number of ether oxygens (including phenoxy) is 1. The summed E-state index contributed by atoms with van der Waals surface area (Å²) in [6, 6.07) is 0. The van der Waals surface area contributed by atoms with Crippen molar-refractivity contribution in [3.8, 4) is 0 Å². The van der Waals surface area contributed by atoms with Crippen LogP contribution < -0.4 is 0 Å². The molecular formula is C11H16Cl3NO2. The van der Waals surface area contributed by atoms with Crippen molar-refractivity contribution in [1.29, 1.82) is 5.41 Å². The number of alkyl halides is 3. The number of halogens is 3. The van der Waals surface area contributed by atoms with E-state index in [1.54, 1.807) is 12.2 Å². The van der Waals surface area contributed by atoms with Crippen molar-refractivity contribution in [2.45, 2.75) is 41.5 Å². The zero-order valence-electron chi connectivity index (χ0n) is 9.39. The predicted molar refractivity (Wildman–Crippen MR) is 71.1 cm³/mol. The van der Waals surface area contributed by atoms with E-state index in [9.17, 15) is 5.11 Å². The van der Waals surface area contributed by atoms with E-state index in [0.717, 1.165) is 25.7 Å². The van der Waals surface area contributed by atoms with E-state index in [1.165, 1.54) is 6.42 Å². The van der Waals surface area contributed by atoms with Gasteiger partial charge < -0.3 is 9.84 Å². The summed E-state index contributed by atoms with van der Waals surface area (Å²) in [5, 5.41) is 17.4. The normalized spacial score (nSPS) is 20.5. The molecule has 1 aliphatic rings. The van der Waals surface area contributed by atoms with Gasteiger partial charge in [-0.1, -0.05) is 60.1 Å². The SMILES string of the molecule is N=C(OC/C=C/C1(O)CCCCC1)C(Cl)(Cl)Cl. The molecule has 0 radical (unpaired) electrons. The molecule has 1 fully saturated rings. The highest BCUT2D eigenvalue weighted by Gasteiger charge is 2.28. The standard InChI is InChI=1S/C11H16Cl3NO2/c12-11(13,14)9(15)17-8-4-7-10(16)5-2-1-3-6-10/h4,7,15-16H,1-3,5-6,8H2/b7-4+,15-9?. The van der Waals surface area contributed by atoms with Gasteiger partial charge in [0.15, 0.2) is 0 Å². The molecular weight excluding hydrogens is 284 g/mol. The van der Waals surface area contributed by atoms with Crippen LogP contribution in [-0.2, 0) is 4.74 Å². The van der Waals surface area contributed by atoms with Gasteiger partial charge in [0.05, 0.1) is 5.60 Å². The van der Waals surface area contributed by atoms with Crippen LogP contribution >= 0.6 is 34.8 Å². The maximum Gasteiger partial charge on any atom is 0.265 e. The lowest BCUT2D eigenvalue weighted by molar-refractivity contribution is 0.0508. The Morgan fingerprint density at radius 2 is 1.88 bits per heavy atom. The smallest absolute Gasteiger partial charge is 0.265 e. The first-order chi connectivity index (χ1) is 7.83. The first kappa shape index (κ1) is 15.1. The van der Waals surface area contributed by atoms with Crippen LogP contribution in [-0.4, -0.2) is 27.0 Å². The summed E-state index contributed by atoms with van der Waals surface area (Å²) < 4.78 is 3.11. The van der Waals surface area contributed by atoms with Crippen LogP contribution in [0, 0.1) is 5.41 Å². The third-order valence-electron chi connectivity index (χ3n) is 2.73. The van der Waals surface area contributed by atoms with Crippen LogP contribution in [0.4, 0.5) is 0 Å². The first-order valence-electron chi connectivity index (χ1n) is 5.52. The van der Waals surface area contributed by atoms with Gasteiger partial charge in [0, 0.05) is 0 Å². The summed E-state index contributed by atoms with van der Waals surface area (Å²) in [7, 11) is 0. The Labute approximate surface area is 116 Å². The molecule has 1 saturated carbocycles. The van der Waals surface area contributed by atoms with Crippen molar-refractivity contribution >= 4 is 40.7 Å². The minimum Gasteiger partial charge on any atom is -0.474 e. The summed E-state index contributed by atoms with van der Waals surface area (Å²) in [6.45, 7) is 0.120. The lowest BCUT2D eigenvalue weighted by Crippen LogP contribution is -2.28. The number of aliphatic hydroxyl groups is 1.